The van der Waals surface area contributed by atoms with Gasteiger partial charge in [0.1, 0.15) is 18.4 Å². The van der Waals surface area contributed by atoms with Crippen LogP contribution in [0.3, 0.4) is 0 Å². The molecule has 1 atom stereocenters. The van der Waals surface area contributed by atoms with Crippen molar-refractivity contribution in [2.75, 3.05) is 13.1 Å². The lowest BCUT2D eigenvalue weighted by Gasteiger charge is -2.40. The van der Waals surface area contributed by atoms with Crippen molar-refractivity contribution in [3.63, 3.8) is 0 Å². The fraction of sp³-hybridized carbons (Fsp3) is 0.556. The van der Waals surface area contributed by atoms with Gasteiger partial charge in [0.15, 0.2) is 0 Å². The van der Waals surface area contributed by atoms with E-state index in [1.54, 1.807) is 4.90 Å². The monoisotopic (exact) mass is 350 g/mol. The molecule has 7 heteroatoms. The van der Waals surface area contributed by atoms with Gasteiger partial charge in [0, 0.05) is 13.1 Å². The van der Waals surface area contributed by atoms with E-state index in [4.69, 9.17) is 9.47 Å². The minimum Gasteiger partial charge on any atom is -0.445 e. The van der Waals surface area contributed by atoms with Gasteiger partial charge in [0.2, 0.25) is 0 Å². The smallest absolute Gasteiger partial charge is 0.410 e. The molecule has 1 saturated heterocycles. The van der Waals surface area contributed by atoms with Crippen molar-refractivity contribution in [3.05, 3.63) is 35.9 Å². The van der Waals surface area contributed by atoms with Crippen LogP contribution in [0, 0.1) is 5.92 Å². The van der Waals surface area contributed by atoms with Crippen LogP contribution in [0.4, 0.5) is 9.59 Å². The van der Waals surface area contributed by atoms with Crippen molar-refractivity contribution in [3.8, 4) is 0 Å². The fourth-order valence-electron chi connectivity index (χ4n) is 2.47. The van der Waals surface area contributed by atoms with Crippen LogP contribution < -0.4 is 5.32 Å². The Hall–Kier alpha value is -2.28. The molecule has 0 aromatic heterocycles. The van der Waals surface area contributed by atoms with Gasteiger partial charge in [-0.15, -0.1) is 0 Å². The molecule has 2 rings (SSSR count). The third-order valence-corrected chi connectivity index (χ3v) is 3.66. The summed E-state index contributed by atoms with van der Waals surface area (Å²) in [5, 5.41) is 12.3. The Balaban J connectivity index is 1.62. The zero-order chi connectivity index (χ0) is 18.4. The number of likely N-dealkylation sites (tertiary alicyclic amines) is 1. The van der Waals surface area contributed by atoms with E-state index in [1.807, 2.05) is 51.1 Å². The van der Waals surface area contributed by atoms with Gasteiger partial charge >= 0.3 is 12.2 Å². The number of nitrogens with one attached hydrogen (secondary N) is 1. The Labute approximate surface area is 147 Å². The highest BCUT2D eigenvalue weighted by Gasteiger charge is 2.34. The molecule has 1 aliphatic rings. The van der Waals surface area contributed by atoms with Gasteiger partial charge in [-0.05, 0) is 38.7 Å². The molecule has 0 saturated carbocycles. The average Bonchev–Trinajstić information content (AvgIpc) is 2.47. The highest BCUT2D eigenvalue weighted by Crippen LogP contribution is 2.22. The minimum atomic E-state index is -1.01. The number of hydrogen-bond donors (Lipinski definition) is 2. The Morgan fingerprint density at radius 3 is 2.52 bits per heavy atom. The van der Waals surface area contributed by atoms with Gasteiger partial charge in [-0.2, -0.15) is 0 Å². The summed E-state index contributed by atoms with van der Waals surface area (Å²) in [4.78, 5) is 25.1. The summed E-state index contributed by atoms with van der Waals surface area (Å²) >= 11 is 0. The van der Waals surface area contributed by atoms with Crippen molar-refractivity contribution < 1.29 is 24.2 Å². The summed E-state index contributed by atoms with van der Waals surface area (Å²) in [7, 11) is 0. The summed E-state index contributed by atoms with van der Waals surface area (Å²) in [5.41, 5.74) is 0.352. The number of carbonyl (C=O) groups excluding carboxylic acids is 2. The van der Waals surface area contributed by atoms with Gasteiger partial charge in [0.25, 0.3) is 0 Å². The van der Waals surface area contributed by atoms with Crippen LogP contribution in [0.15, 0.2) is 30.3 Å². The highest BCUT2D eigenvalue weighted by molar-refractivity contribution is 5.69. The maximum absolute atomic E-state index is 11.8. The van der Waals surface area contributed by atoms with Crippen molar-refractivity contribution in [2.45, 2.75) is 45.6 Å². The van der Waals surface area contributed by atoms with Crippen LogP contribution in [-0.4, -0.2) is 47.1 Å². The zero-order valence-electron chi connectivity index (χ0n) is 14.9. The quantitative estimate of drug-likeness (QED) is 0.797. The summed E-state index contributed by atoms with van der Waals surface area (Å²) in [5.74, 6) is 0.122. The van der Waals surface area contributed by atoms with Crippen LogP contribution in [0.2, 0.25) is 0 Å². The normalized spacial score (nSPS) is 15.9. The molecule has 0 bridgehead atoms. The molecular formula is C18H26N2O5. The first-order chi connectivity index (χ1) is 11.7. The molecule has 1 heterocycles. The second-order valence-corrected chi connectivity index (χ2v) is 7.21. The van der Waals surface area contributed by atoms with Crippen molar-refractivity contribution in [1.82, 2.24) is 10.2 Å². The molecule has 2 amide bonds. The van der Waals surface area contributed by atoms with Gasteiger partial charge in [-0.25, -0.2) is 9.59 Å². The molecule has 1 fully saturated rings. The number of nitrogens with zero attached hydrogens (tertiary/aromatic N) is 1. The Kier molecular flexibility index (Phi) is 6.25. The van der Waals surface area contributed by atoms with Crippen LogP contribution >= 0.6 is 0 Å². The van der Waals surface area contributed by atoms with Gasteiger partial charge in [0.05, 0.1) is 0 Å². The van der Waals surface area contributed by atoms with E-state index >= 15 is 0 Å². The van der Waals surface area contributed by atoms with Crippen molar-refractivity contribution in [1.29, 1.82) is 0 Å². The van der Waals surface area contributed by atoms with Crippen LogP contribution in [-0.2, 0) is 16.1 Å². The number of aliphatic hydroxyl groups excluding tert-OH is 1. The lowest BCUT2D eigenvalue weighted by molar-refractivity contribution is -0.0125. The Morgan fingerprint density at radius 2 is 1.92 bits per heavy atom. The number of alkyl carbamates (subject to hydrolysis) is 1. The molecular weight excluding hydrogens is 324 g/mol. The van der Waals surface area contributed by atoms with Crippen molar-refractivity contribution >= 4 is 12.2 Å². The third kappa shape index (κ3) is 6.62. The third-order valence-electron chi connectivity index (χ3n) is 3.66. The maximum atomic E-state index is 11.8. The lowest BCUT2D eigenvalue weighted by atomic mass is 9.96. The lowest BCUT2D eigenvalue weighted by Crippen LogP contribution is -2.53. The van der Waals surface area contributed by atoms with Crippen LogP contribution in [0.25, 0.3) is 0 Å². The van der Waals surface area contributed by atoms with Crippen LogP contribution in [0.1, 0.15) is 32.8 Å². The van der Waals surface area contributed by atoms with Gasteiger partial charge < -0.3 is 19.5 Å². The minimum absolute atomic E-state index is 0.122. The number of amides is 2. The standard InChI is InChI=1S/C18H26N2O5/c1-18(2,3)25-17(23)20-10-14(11-20)9-15(21)19-16(22)24-12-13-7-5-4-6-8-13/h4-8,14-15,21H,9-12H2,1-3H3,(H,19,22)/t15-/m1/s1. The summed E-state index contributed by atoms with van der Waals surface area (Å²) in [6.45, 7) is 6.61. The molecule has 0 unspecified atom stereocenters. The van der Waals surface area contributed by atoms with E-state index in [2.05, 4.69) is 5.32 Å². The molecule has 25 heavy (non-hydrogen) atoms. The number of rotatable bonds is 5. The molecule has 1 aliphatic heterocycles. The van der Waals surface area contributed by atoms with E-state index in [-0.39, 0.29) is 18.6 Å². The average molecular weight is 350 g/mol. The number of carbonyl (C=O) groups is 2. The second kappa shape index (κ2) is 8.20. The first-order valence-electron chi connectivity index (χ1n) is 8.36. The molecule has 7 nitrogen and oxygen atoms in total. The van der Waals surface area contributed by atoms with Gasteiger partial charge in [-0.3, -0.25) is 5.32 Å². The predicted molar refractivity (Wildman–Crippen MR) is 91.7 cm³/mol. The van der Waals surface area contributed by atoms with Crippen LogP contribution in [0.5, 0.6) is 0 Å². The summed E-state index contributed by atoms with van der Waals surface area (Å²) in [6, 6.07) is 9.30. The topological polar surface area (TPSA) is 88.1 Å². The predicted octanol–water partition coefficient (Wildman–Crippen LogP) is 2.49. The Morgan fingerprint density at radius 1 is 1.28 bits per heavy atom. The molecule has 2 N–H and O–H groups in total. The van der Waals surface area contributed by atoms with E-state index in [9.17, 15) is 14.7 Å². The number of aliphatic hydroxyl groups is 1. The molecule has 1 aromatic rings. The number of hydrogen-bond acceptors (Lipinski definition) is 5. The van der Waals surface area contributed by atoms with E-state index in [1.165, 1.54) is 0 Å². The maximum Gasteiger partial charge on any atom is 0.410 e. The second-order valence-electron chi connectivity index (χ2n) is 7.21. The SMILES string of the molecule is CC(C)(C)OC(=O)N1CC(C[C@@H](O)NC(=O)OCc2ccccc2)C1. The fourth-order valence-corrected chi connectivity index (χ4v) is 2.47. The van der Waals surface area contributed by atoms with E-state index in [0.717, 1.165) is 5.56 Å². The molecule has 0 aliphatic carbocycles. The Bertz CT molecular complexity index is 579. The number of ether oxygens (including phenoxy) is 2. The molecule has 138 valence electrons. The zero-order valence-corrected chi connectivity index (χ0v) is 14.9. The highest BCUT2D eigenvalue weighted by atomic mass is 16.6. The summed E-state index contributed by atoms with van der Waals surface area (Å²) < 4.78 is 10.3. The van der Waals surface area contributed by atoms with Gasteiger partial charge in [-0.1, -0.05) is 30.3 Å². The van der Waals surface area contributed by atoms with Crippen molar-refractivity contribution in [2.24, 2.45) is 5.92 Å². The summed E-state index contributed by atoms with van der Waals surface area (Å²) in [6.07, 6.45) is -1.66. The first kappa shape index (κ1) is 19.1. The molecule has 0 spiro atoms. The van der Waals surface area contributed by atoms with E-state index < -0.39 is 17.9 Å². The molecule has 1 aromatic carbocycles. The largest absolute Gasteiger partial charge is 0.445 e. The number of benzene rings is 1. The van der Waals surface area contributed by atoms with E-state index in [0.29, 0.717) is 19.5 Å². The first-order valence-corrected chi connectivity index (χ1v) is 8.36. The molecule has 0 radical (unpaired) electrons.